The van der Waals surface area contributed by atoms with Crippen molar-refractivity contribution in [1.82, 2.24) is 0 Å². The molecule has 2 rings (SSSR count). The average molecular weight is 259 g/mol. The Balaban J connectivity index is 1.74. The van der Waals surface area contributed by atoms with Crippen LogP contribution in [0.5, 0.6) is 0 Å². The van der Waals surface area contributed by atoms with Crippen LogP contribution in [0.15, 0.2) is 11.6 Å². The van der Waals surface area contributed by atoms with Crippen LogP contribution in [-0.2, 0) is 9.47 Å². The molecule has 0 radical (unpaired) electrons. The smallest absolute Gasteiger partial charge is 0.160 e. The quantitative estimate of drug-likeness (QED) is 0.763. The minimum atomic E-state index is 0.0544. The summed E-state index contributed by atoms with van der Waals surface area (Å²) in [5.74, 6) is 1.85. The van der Waals surface area contributed by atoms with Crippen molar-refractivity contribution in [3.8, 4) is 0 Å². The maximum absolute atomic E-state index is 5.85. The van der Waals surface area contributed by atoms with Crippen LogP contribution < -0.4 is 0 Å². The van der Waals surface area contributed by atoms with Crippen LogP contribution >= 0.6 is 11.6 Å². The zero-order chi connectivity index (χ0) is 12.1. The first kappa shape index (κ1) is 13.4. The summed E-state index contributed by atoms with van der Waals surface area (Å²) in [6, 6.07) is 0. The van der Waals surface area contributed by atoms with Crippen molar-refractivity contribution in [2.24, 2.45) is 17.8 Å². The zero-order valence-corrected chi connectivity index (χ0v) is 11.4. The molecule has 2 nitrogen and oxygen atoms in total. The van der Waals surface area contributed by atoms with E-state index in [1.54, 1.807) is 5.54 Å². The highest BCUT2D eigenvalue weighted by Crippen LogP contribution is 2.34. The second-order valence-electron chi connectivity index (χ2n) is 5.30. The maximum Gasteiger partial charge on any atom is 0.160 e. The molecule has 0 aromatic carbocycles. The third-order valence-corrected chi connectivity index (χ3v) is 4.26. The molecule has 0 aromatic heterocycles. The molecule has 2 aliphatic rings. The lowest BCUT2D eigenvalue weighted by Gasteiger charge is -2.37. The highest BCUT2D eigenvalue weighted by molar-refractivity contribution is 6.25. The SMILES string of the molecule is CC[C@H]1CO[C@H]([C@H]2CC[C@H](/C=C/Cl)CC2)OC1. The minimum absolute atomic E-state index is 0.0544. The van der Waals surface area contributed by atoms with Gasteiger partial charge in [-0.05, 0) is 38.0 Å². The first-order valence-electron chi connectivity index (χ1n) is 6.83. The van der Waals surface area contributed by atoms with Crippen LogP contribution in [0.3, 0.4) is 0 Å². The molecule has 0 amide bonds. The van der Waals surface area contributed by atoms with Gasteiger partial charge in [0.2, 0.25) is 0 Å². The van der Waals surface area contributed by atoms with Crippen LogP contribution in [0.2, 0.25) is 0 Å². The molecule has 1 saturated heterocycles. The van der Waals surface area contributed by atoms with Crippen molar-refractivity contribution in [3.05, 3.63) is 11.6 Å². The van der Waals surface area contributed by atoms with Crippen molar-refractivity contribution in [2.45, 2.75) is 45.3 Å². The summed E-state index contributed by atoms with van der Waals surface area (Å²) in [5, 5.41) is 0. The summed E-state index contributed by atoms with van der Waals surface area (Å²) < 4.78 is 11.7. The van der Waals surface area contributed by atoms with Crippen LogP contribution in [0.1, 0.15) is 39.0 Å². The highest BCUT2D eigenvalue weighted by atomic mass is 35.5. The number of ether oxygens (including phenoxy) is 2. The molecule has 2 fully saturated rings. The summed E-state index contributed by atoms with van der Waals surface area (Å²) in [4.78, 5) is 0. The molecule has 0 N–H and O–H groups in total. The molecule has 0 atom stereocenters. The Morgan fingerprint density at radius 2 is 1.76 bits per heavy atom. The summed E-state index contributed by atoms with van der Waals surface area (Å²) in [6.45, 7) is 3.95. The molecule has 98 valence electrons. The maximum atomic E-state index is 5.85. The van der Waals surface area contributed by atoms with E-state index < -0.39 is 0 Å². The van der Waals surface area contributed by atoms with Gasteiger partial charge < -0.3 is 9.47 Å². The summed E-state index contributed by atoms with van der Waals surface area (Å²) in [6.07, 6.45) is 8.16. The van der Waals surface area contributed by atoms with Gasteiger partial charge in [0, 0.05) is 17.4 Å². The predicted molar refractivity (Wildman–Crippen MR) is 69.9 cm³/mol. The number of allylic oxidation sites excluding steroid dienone is 1. The fourth-order valence-corrected chi connectivity index (χ4v) is 2.98. The fraction of sp³-hybridized carbons (Fsp3) is 0.857. The van der Waals surface area contributed by atoms with E-state index in [0.717, 1.165) is 19.6 Å². The van der Waals surface area contributed by atoms with E-state index in [1.165, 1.54) is 25.7 Å². The molecule has 17 heavy (non-hydrogen) atoms. The molecule has 0 aromatic rings. The third kappa shape index (κ3) is 3.70. The second kappa shape index (κ2) is 6.77. The molecule has 1 saturated carbocycles. The Kier molecular flexibility index (Phi) is 5.33. The highest BCUT2D eigenvalue weighted by Gasteiger charge is 2.31. The van der Waals surface area contributed by atoms with E-state index in [4.69, 9.17) is 21.1 Å². The normalized spacial score (nSPS) is 39.6. The van der Waals surface area contributed by atoms with Crippen molar-refractivity contribution < 1.29 is 9.47 Å². The Bertz CT molecular complexity index is 239. The topological polar surface area (TPSA) is 18.5 Å². The lowest BCUT2D eigenvalue weighted by Crippen LogP contribution is -2.38. The largest absolute Gasteiger partial charge is 0.352 e. The van der Waals surface area contributed by atoms with Gasteiger partial charge in [-0.3, -0.25) is 0 Å². The first-order chi connectivity index (χ1) is 8.33. The second-order valence-corrected chi connectivity index (χ2v) is 5.55. The molecule has 1 aliphatic carbocycles. The van der Waals surface area contributed by atoms with Gasteiger partial charge in [-0.2, -0.15) is 0 Å². The standard InChI is InChI=1S/C14H23ClO2/c1-2-11-9-16-14(17-10-11)13-5-3-12(4-6-13)7-8-15/h7-8,11-14H,2-6,9-10H2,1H3/b8-7+/t11-,12-,13-,14-. The van der Waals surface area contributed by atoms with E-state index >= 15 is 0 Å². The fourth-order valence-electron chi connectivity index (χ4n) is 2.78. The molecule has 3 heteroatoms. The van der Waals surface area contributed by atoms with E-state index in [1.807, 2.05) is 0 Å². The van der Waals surface area contributed by atoms with Crippen molar-refractivity contribution in [1.29, 1.82) is 0 Å². The monoisotopic (exact) mass is 258 g/mol. The van der Waals surface area contributed by atoms with Crippen LogP contribution in [0, 0.1) is 17.8 Å². The van der Waals surface area contributed by atoms with E-state index in [-0.39, 0.29) is 6.29 Å². The Morgan fingerprint density at radius 1 is 1.12 bits per heavy atom. The minimum Gasteiger partial charge on any atom is -0.352 e. The van der Waals surface area contributed by atoms with Gasteiger partial charge in [0.25, 0.3) is 0 Å². The van der Waals surface area contributed by atoms with E-state index in [9.17, 15) is 0 Å². The molecule has 0 bridgehead atoms. The van der Waals surface area contributed by atoms with Gasteiger partial charge in [-0.15, -0.1) is 0 Å². The molecular formula is C14H23ClO2. The molecule has 0 unspecified atom stereocenters. The summed E-state index contributed by atoms with van der Waals surface area (Å²) in [5.41, 5.74) is 1.66. The van der Waals surface area contributed by atoms with E-state index in [2.05, 4.69) is 13.0 Å². The number of hydrogen-bond donors (Lipinski definition) is 0. The first-order valence-corrected chi connectivity index (χ1v) is 7.27. The van der Waals surface area contributed by atoms with Gasteiger partial charge in [0.1, 0.15) is 0 Å². The van der Waals surface area contributed by atoms with E-state index in [0.29, 0.717) is 17.8 Å². The van der Waals surface area contributed by atoms with Gasteiger partial charge in [0.05, 0.1) is 13.2 Å². The van der Waals surface area contributed by atoms with Gasteiger partial charge in [-0.25, -0.2) is 0 Å². The third-order valence-electron chi connectivity index (χ3n) is 4.12. The lowest BCUT2D eigenvalue weighted by atomic mass is 9.81. The van der Waals surface area contributed by atoms with Crippen LogP contribution in [0.25, 0.3) is 0 Å². The van der Waals surface area contributed by atoms with Crippen molar-refractivity contribution >= 4 is 11.6 Å². The van der Waals surface area contributed by atoms with Gasteiger partial charge in [0.15, 0.2) is 6.29 Å². The Hall–Kier alpha value is -0.0500. The van der Waals surface area contributed by atoms with Crippen molar-refractivity contribution in [3.63, 3.8) is 0 Å². The van der Waals surface area contributed by atoms with Crippen LogP contribution in [-0.4, -0.2) is 19.5 Å². The molecule has 1 heterocycles. The molecular weight excluding hydrogens is 236 g/mol. The number of rotatable bonds is 3. The van der Waals surface area contributed by atoms with Gasteiger partial charge in [-0.1, -0.05) is 24.6 Å². The predicted octanol–water partition coefficient (Wildman–Crippen LogP) is 3.94. The molecule has 0 spiro atoms. The summed E-state index contributed by atoms with van der Waals surface area (Å²) in [7, 11) is 0. The van der Waals surface area contributed by atoms with Gasteiger partial charge >= 0.3 is 0 Å². The molecule has 1 aliphatic heterocycles. The average Bonchev–Trinajstić information content (AvgIpc) is 2.40. The Labute approximate surface area is 109 Å². The number of halogens is 1. The van der Waals surface area contributed by atoms with Crippen LogP contribution in [0.4, 0.5) is 0 Å². The summed E-state index contributed by atoms with van der Waals surface area (Å²) >= 11 is 5.62. The van der Waals surface area contributed by atoms with Crippen molar-refractivity contribution in [2.75, 3.05) is 13.2 Å². The zero-order valence-electron chi connectivity index (χ0n) is 10.6. The Morgan fingerprint density at radius 3 is 2.29 bits per heavy atom. The number of hydrogen-bond acceptors (Lipinski definition) is 2. The lowest BCUT2D eigenvalue weighted by molar-refractivity contribution is -0.229.